The van der Waals surface area contributed by atoms with E-state index in [4.69, 9.17) is 4.74 Å². The maximum absolute atomic E-state index is 11.8. The highest BCUT2D eigenvalue weighted by atomic mass is 32.1. The summed E-state index contributed by atoms with van der Waals surface area (Å²) >= 11 is 1.65. The summed E-state index contributed by atoms with van der Waals surface area (Å²) in [5.74, 6) is 0.640. The maximum atomic E-state index is 11.8. The van der Waals surface area contributed by atoms with Crippen molar-refractivity contribution >= 4 is 17.2 Å². The predicted molar refractivity (Wildman–Crippen MR) is 83.6 cm³/mol. The lowest BCUT2D eigenvalue weighted by Gasteiger charge is -2.13. The minimum atomic E-state index is -0.731. The van der Waals surface area contributed by atoms with Gasteiger partial charge in [0, 0.05) is 17.8 Å². The molecule has 0 radical (unpaired) electrons. The van der Waals surface area contributed by atoms with Crippen LogP contribution in [-0.2, 0) is 11.2 Å². The van der Waals surface area contributed by atoms with Gasteiger partial charge in [-0.2, -0.15) is 0 Å². The van der Waals surface area contributed by atoms with E-state index in [0.29, 0.717) is 12.2 Å². The standard InChI is InChI=1S/C16H19NO3S/c1-20-13-5-2-4-12(10-13)15(18)11-17-16(19)8-7-14-6-3-9-21-14/h2-6,9-10,15,18H,7-8,11H2,1H3,(H,17,19). The summed E-state index contributed by atoms with van der Waals surface area (Å²) in [6, 6.07) is 11.2. The number of aliphatic hydroxyl groups is 1. The Kier molecular flexibility index (Phi) is 5.78. The van der Waals surface area contributed by atoms with Crippen LogP contribution in [0.25, 0.3) is 0 Å². The lowest BCUT2D eigenvalue weighted by Crippen LogP contribution is -2.28. The monoisotopic (exact) mass is 305 g/mol. The molecule has 1 aromatic heterocycles. The second kappa shape index (κ2) is 7.81. The Labute approximate surface area is 128 Å². The van der Waals surface area contributed by atoms with Crippen molar-refractivity contribution in [1.82, 2.24) is 5.32 Å². The van der Waals surface area contributed by atoms with Crippen molar-refractivity contribution in [2.75, 3.05) is 13.7 Å². The summed E-state index contributed by atoms with van der Waals surface area (Å²) in [6.45, 7) is 0.205. The lowest BCUT2D eigenvalue weighted by molar-refractivity contribution is -0.121. The minimum Gasteiger partial charge on any atom is -0.497 e. The van der Waals surface area contributed by atoms with Crippen LogP contribution in [0.1, 0.15) is 23.0 Å². The first-order chi connectivity index (χ1) is 10.2. The largest absolute Gasteiger partial charge is 0.497 e. The summed E-state index contributed by atoms with van der Waals surface area (Å²) in [5, 5.41) is 14.8. The van der Waals surface area contributed by atoms with Crippen molar-refractivity contribution in [3.8, 4) is 5.75 Å². The number of hydrogen-bond donors (Lipinski definition) is 2. The van der Waals surface area contributed by atoms with Crippen LogP contribution in [0.3, 0.4) is 0 Å². The molecular formula is C16H19NO3S. The summed E-state index contributed by atoms with van der Waals surface area (Å²) in [5.41, 5.74) is 0.730. The van der Waals surface area contributed by atoms with Crippen molar-refractivity contribution < 1.29 is 14.6 Å². The minimum absolute atomic E-state index is 0.0506. The molecule has 5 heteroatoms. The quantitative estimate of drug-likeness (QED) is 0.826. The van der Waals surface area contributed by atoms with Crippen LogP contribution in [-0.4, -0.2) is 24.7 Å². The van der Waals surface area contributed by atoms with E-state index in [1.54, 1.807) is 24.5 Å². The predicted octanol–water partition coefficient (Wildman–Crippen LogP) is 2.54. The van der Waals surface area contributed by atoms with Crippen LogP contribution in [0.4, 0.5) is 0 Å². The molecule has 0 spiro atoms. The van der Waals surface area contributed by atoms with E-state index in [1.807, 2.05) is 35.7 Å². The molecule has 1 unspecified atom stereocenters. The molecule has 2 N–H and O–H groups in total. The third-order valence-electron chi connectivity index (χ3n) is 3.15. The average Bonchev–Trinajstić information content (AvgIpc) is 3.04. The molecule has 21 heavy (non-hydrogen) atoms. The number of aliphatic hydroxyl groups excluding tert-OH is 1. The van der Waals surface area contributed by atoms with Gasteiger partial charge in [-0.15, -0.1) is 11.3 Å². The van der Waals surface area contributed by atoms with Crippen molar-refractivity contribution in [3.05, 3.63) is 52.2 Å². The number of benzene rings is 1. The number of rotatable bonds is 7. The van der Waals surface area contributed by atoms with Gasteiger partial charge in [0.25, 0.3) is 0 Å². The number of methoxy groups -OCH3 is 1. The third-order valence-corrected chi connectivity index (χ3v) is 4.09. The highest BCUT2D eigenvalue weighted by Crippen LogP contribution is 2.18. The summed E-state index contributed by atoms with van der Waals surface area (Å²) in [6.07, 6.45) is 0.440. The van der Waals surface area contributed by atoms with E-state index in [-0.39, 0.29) is 12.5 Å². The number of carbonyl (C=O) groups is 1. The zero-order valence-electron chi connectivity index (χ0n) is 11.9. The molecule has 0 aliphatic heterocycles. The molecule has 1 heterocycles. The van der Waals surface area contributed by atoms with Crippen LogP contribution >= 0.6 is 11.3 Å². The van der Waals surface area contributed by atoms with Gasteiger partial charge in [-0.1, -0.05) is 18.2 Å². The maximum Gasteiger partial charge on any atom is 0.220 e. The van der Waals surface area contributed by atoms with Gasteiger partial charge >= 0.3 is 0 Å². The van der Waals surface area contributed by atoms with Crippen LogP contribution in [0.15, 0.2) is 41.8 Å². The topological polar surface area (TPSA) is 58.6 Å². The van der Waals surface area contributed by atoms with Crippen LogP contribution < -0.4 is 10.1 Å². The molecule has 1 amide bonds. The molecule has 0 aliphatic rings. The molecule has 0 fully saturated rings. The second-order valence-electron chi connectivity index (χ2n) is 4.68. The van der Waals surface area contributed by atoms with E-state index in [0.717, 1.165) is 12.0 Å². The number of hydrogen-bond acceptors (Lipinski definition) is 4. The molecule has 0 saturated carbocycles. The normalized spacial score (nSPS) is 11.9. The Morgan fingerprint density at radius 2 is 2.24 bits per heavy atom. The van der Waals surface area contributed by atoms with Gasteiger partial charge in [0.2, 0.25) is 5.91 Å². The van der Waals surface area contributed by atoms with Crippen LogP contribution in [0.2, 0.25) is 0 Å². The Bertz CT molecular complexity index is 569. The van der Waals surface area contributed by atoms with Gasteiger partial charge < -0.3 is 15.2 Å². The Hall–Kier alpha value is -1.85. The molecule has 0 bridgehead atoms. The number of amides is 1. The zero-order chi connectivity index (χ0) is 15.1. The summed E-state index contributed by atoms with van der Waals surface area (Å²) in [4.78, 5) is 12.9. The molecule has 0 aliphatic carbocycles. The van der Waals surface area contributed by atoms with E-state index in [2.05, 4.69) is 5.32 Å². The van der Waals surface area contributed by atoms with Crippen LogP contribution in [0.5, 0.6) is 5.75 Å². The number of ether oxygens (including phenoxy) is 1. The summed E-state index contributed by atoms with van der Waals surface area (Å²) in [7, 11) is 1.58. The van der Waals surface area contributed by atoms with Gasteiger partial charge in [0.15, 0.2) is 0 Å². The van der Waals surface area contributed by atoms with Gasteiger partial charge in [0.1, 0.15) is 5.75 Å². The van der Waals surface area contributed by atoms with Crippen molar-refractivity contribution in [2.45, 2.75) is 18.9 Å². The molecular weight excluding hydrogens is 286 g/mol. The summed E-state index contributed by atoms with van der Waals surface area (Å²) < 4.78 is 5.11. The fourth-order valence-corrected chi connectivity index (χ4v) is 2.67. The molecule has 112 valence electrons. The number of nitrogens with one attached hydrogen (secondary N) is 1. The zero-order valence-corrected chi connectivity index (χ0v) is 12.7. The van der Waals surface area contributed by atoms with E-state index < -0.39 is 6.10 Å². The van der Waals surface area contributed by atoms with Crippen LogP contribution in [0, 0.1) is 0 Å². The Balaban J connectivity index is 1.77. The van der Waals surface area contributed by atoms with E-state index in [9.17, 15) is 9.90 Å². The van der Waals surface area contributed by atoms with Crippen molar-refractivity contribution in [2.24, 2.45) is 0 Å². The van der Waals surface area contributed by atoms with Crippen molar-refractivity contribution in [3.63, 3.8) is 0 Å². The number of carbonyl (C=O) groups excluding carboxylic acids is 1. The van der Waals surface area contributed by atoms with Crippen molar-refractivity contribution in [1.29, 1.82) is 0 Å². The number of thiophene rings is 1. The molecule has 2 rings (SSSR count). The molecule has 2 aromatic rings. The fraction of sp³-hybridized carbons (Fsp3) is 0.312. The molecule has 1 atom stereocenters. The second-order valence-corrected chi connectivity index (χ2v) is 5.71. The highest BCUT2D eigenvalue weighted by Gasteiger charge is 2.10. The first-order valence-electron chi connectivity index (χ1n) is 6.80. The molecule has 4 nitrogen and oxygen atoms in total. The van der Waals surface area contributed by atoms with E-state index in [1.165, 1.54) is 4.88 Å². The van der Waals surface area contributed by atoms with Gasteiger partial charge in [0.05, 0.1) is 13.2 Å². The van der Waals surface area contributed by atoms with Gasteiger partial charge in [-0.05, 0) is 35.6 Å². The number of aryl methyl sites for hydroxylation is 1. The first-order valence-corrected chi connectivity index (χ1v) is 7.68. The Morgan fingerprint density at radius 3 is 2.95 bits per heavy atom. The smallest absolute Gasteiger partial charge is 0.220 e. The average molecular weight is 305 g/mol. The SMILES string of the molecule is COc1cccc(C(O)CNC(=O)CCc2cccs2)c1. The van der Waals surface area contributed by atoms with Gasteiger partial charge in [-0.3, -0.25) is 4.79 Å². The highest BCUT2D eigenvalue weighted by molar-refractivity contribution is 7.09. The van der Waals surface area contributed by atoms with E-state index >= 15 is 0 Å². The lowest BCUT2D eigenvalue weighted by atomic mass is 10.1. The first kappa shape index (κ1) is 15.5. The molecule has 0 saturated heterocycles. The third kappa shape index (κ3) is 4.88. The van der Waals surface area contributed by atoms with Gasteiger partial charge in [-0.25, -0.2) is 0 Å². The molecule has 1 aromatic carbocycles. The Morgan fingerprint density at radius 1 is 1.38 bits per heavy atom. The fourth-order valence-electron chi connectivity index (χ4n) is 1.96.